The first-order valence-electron chi connectivity index (χ1n) is 7.76. The van der Waals surface area contributed by atoms with Gasteiger partial charge in [0.05, 0.1) is 0 Å². The molecule has 0 aromatic heterocycles. The zero-order chi connectivity index (χ0) is 15.4. The van der Waals surface area contributed by atoms with Crippen molar-refractivity contribution in [3.8, 4) is 0 Å². The maximum Gasteiger partial charge on any atom is 0.226 e. The standard InChI is InChI=1S/C17H25FN2O.ClH/c1-12-7-8-20(15(9-12)11-19)17(21)13(2)10-14-5-3-4-6-16(14)18;/h3-6,12-13,15H,7-11,19H2,1-2H3;1H. The summed E-state index contributed by atoms with van der Waals surface area (Å²) in [6.07, 6.45) is 2.43. The summed E-state index contributed by atoms with van der Waals surface area (Å²) in [6, 6.07) is 6.79. The van der Waals surface area contributed by atoms with Gasteiger partial charge in [-0.05, 0) is 36.8 Å². The van der Waals surface area contributed by atoms with Gasteiger partial charge in [0.15, 0.2) is 0 Å². The molecule has 3 nitrogen and oxygen atoms in total. The van der Waals surface area contributed by atoms with E-state index < -0.39 is 0 Å². The van der Waals surface area contributed by atoms with Crippen LogP contribution < -0.4 is 5.73 Å². The highest BCUT2D eigenvalue weighted by molar-refractivity contribution is 5.85. The number of hydrogen-bond acceptors (Lipinski definition) is 2. The molecular weight excluding hydrogens is 303 g/mol. The summed E-state index contributed by atoms with van der Waals surface area (Å²) in [4.78, 5) is 14.5. The predicted molar refractivity (Wildman–Crippen MR) is 89.5 cm³/mol. The number of hydrogen-bond donors (Lipinski definition) is 1. The summed E-state index contributed by atoms with van der Waals surface area (Å²) < 4.78 is 13.7. The number of carbonyl (C=O) groups excluding carboxylic acids is 1. The first kappa shape index (κ1) is 18.9. The quantitative estimate of drug-likeness (QED) is 0.923. The van der Waals surface area contributed by atoms with Crippen LogP contribution in [-0.2, 0) is 11.2 Å². The second kappa shape index (κ2) is 8.49. The van der Waals surface area contributed by atoms with Crippen LogP contribution in [0.5, 0.6) is 0 Å². The van der Waals surface area contributed by atoms with Crippen LogP contribution in [0.3, 0.4) is 0 Å². The van der Waals surface area contributed by atoms with Gasteiger partial charge in [-0.3, -0.25) is 4.79 Å². The molecule has 3 atom stereocenters. The summed E-state index contributed by atoms with van der Waals surface area (Å²) in [5, 5.41) is 0. The van der Waals surface area contributed by atoms with Crippen molar-refractivity contribution in [2.75, 3.05) is 13.1 Å². The summed E-state index contributed by atoms with van der Waals surface area (Å²) in [5.41, 5.74) is 6.42. The van der Waals surface area contributed by atoms with Crippen molar-refractivity contribution in [3.63, 3.8) is 0 Å². The number of likely N-dealkylation sites (tertiary alicyclic amines) is 1. The number of amides is 1. The lowest BCUT2D eigenvalue weighted by atomic mass is 9.90. The van der Waals surface area contributed by atoms with Crippen molar-refractivity contribution in [2.45, 2.75) is 39.2 Å². The normalized spacial score (nSPS) is 22.8. The maximum atomic E-state index is 13.7. The van der Waals surface area contributed by atoms with Crippen LogP contribution in [0, 0.1) is 17.7 Å². The van der Waals surface area contributed by atoms with Crippen LogP contribution in [0.15, 0.2) is 24.3 Å². The molecule has 1 amide bonds. The molecule has 2 N–H and O–H groups in total. The Kier molecular flexibility index (Phi) is 7.30. The summed E-state index contributed by atoms with van der Waals surface area (Å²) in [6.45, 7) is 5.35. The van der Waals surface area contributed by atoms with E-state index in [0.717, 1.165) is 19.4 Å². The molecule has 0 saturated carbocycles. The predicted octanol–water partition coefficient (Wildman–Crippen LogP) is 3.01. The van der Waals surface area contributed by atoms with Gasteiger partial charge in [-0.2, -0.15) is 0 Å². The van der Waals surface area contributed by atoms with Crippen LogP contribution in [0.25, 0.3) is 0 Å². The SMILES string of the molecule is CC1CCN(C(=O)C(C)Cc2ccccc2F)C(CN)C1.Cl. The third kappa shape index (κ3) is 4.43. The molecule has 0 spiro atoms. The molecule has 1 aromatic carbocycles. The average molecular weight is 329 g/mol. The Bertz CT molecular complexity index is 497. The lowest BCUT2D eigenvalue weighted by Gasteiger charge is -2.39. The van der Waals surface area contributed by atoms with Gasteiger partial charge >= 0.3 is 0 Å². The Morgan fingerprint density at radius 3 is 2.77 bits per heavy atom. The van der Waals surface area contributed by atoms with E-state index in [1.165, 1.54) is 6.07 Å². The number of nitrogens with zero attached hydrogens (tertiary/aromatic N) is 1. The van der Waals surface area contributed by atoms with E-state index in [1.54, 1.807) is 18.2 Å². The Balaban J connectivity index is 0.00000242. The minimum atomic E-state index is -0.236. The Hall–Kier alpha value is -1.13. The lowest BCUT2D eigenvalue weighted by Crippen LogP contribution is -2.51. The molecule has 124 valence electrons. The first-order valence-corrected chi connectivity index (χ1v) is 7.76. The number of benzene rings is 1. The molecule has 1 saturated heterocycles. The molecule has 22 heavy (non-hydrogen) atoms. The van der Waals surface area contributed by atoms with E-state index >= 15 is 0 Å². The smallest absolute Gasteiger partial charge is 0.226 e. The summed E-state index contributed by atoms with van der Waals surface area (Å²) in [5.74, 6) is 0.259. The Labute approximate surface area is 138 Å². The van der Waals surface area contributed by atoms with Crippen molar-refractivity contribution in [2.24, 2.45) is 17.6 Å². The zero-order valence-corrected chi connectivity index (χ0v) is 14.1. The van der Waals surface area contributed by atoms with Gasteiger partial charge in [-0.15, -0.1) is 12.4 Å². The Morgan fingerprint density at radius 2 is 2.14 bits per heavy atom. The second-order valence-corrected chi connectivity index (χ2v) is 6.25. The van der Waals surface area contributed by atoms with E-state index in [0.29, 0.717) is 24.4 Å². The summed E-state index contributed by atoms with van der Waals surface area (Å²) in [7, 11) is 0. The molecule has 1 aromatic rings. The third-order valence-corrected chi connectivity index (χ3v) is 4.44. The van der Waals surface area contributed by atoms with Crippen molar-refractivity contribution >= 4 is 18.3 Å². The van der Waals surface area contributed by atoms with E-state index in [1.807, 2.05) is 11.8 Å². The largest absolute Gasteiger partial charge is 0.338 e. The number of nitrogens with two attached hydrogens (primary N) is 1. The minimum Gasteiger partial charge on any atom is -0.338 e. The van der Waals surface area contributed by atoms with Gasteiger partial charge in [-0.25, -0.2) is 4.39 Å². The van der Waals surface area contributed by atoms with Gasteiger partial charge in [0, 0.05) is 25.0 Å². The van der Waals surface area contributed by atoms with Gasteiger partial charge in [0.2, 0.25) is 5.91 Å². The van der Waals surface area contributed by atoms with Crippen molar-refractivity contribution in [3.05, 3.63) is 35.6 Å². The fourth-order valence-electron chi connectivity index (χ4n) is 3.13. The molecule has 3 unspecified atom stereocenters. The van der Waals surface area contributed by atoms with E-state index in [2.05, 4.69) is 6.92 Å². The van der Waals surface area contributed by atoms with Crippen molar-refractivity contribution in [1.29, 1.82) is 0 Å². The van der Waals surface area contributed by atoms with Crippen LogP contribution in [0.4, 0.5) is 4.39 Å². The van der Waals surface area contributed by atoms with Crippen molar-refractivity contribution in [1.82, 2.24) is 4.90 Å². The minimum absolute atomic E-state index is 0. The molecule has 1 aliphatic heterocycles. The van der Waals surface area contributed by atoms with Crippen LogP contribution in [0.1, 0.15) is 32.3 Å². The number of halogens is 2. The second-order valence-electron chi connectivity index (χ2n) is 6.25. The van der Waals surface area contributed by atoms with Gasteiger partial charge in [-0.1, -0.05) is 32.0 Å². The Morgan fingerprint density at radius 1 is 1.45 bits per heavy atom. The van der Waals surface area contributed by atoms with Crippen LogP contribution in [-0.4, -0.2) is 29.9 Å². The topological polar surface area (TPSA) is 46.3 Å². The molecular formula is C17H26ClFN2O. The molecule has 1 fully saturated rings. The molecule has 0 bridgehead atoms. The van der Waals surface area contributed by atoms with Gasteiger partial charge in [0.25, 0.3) is 0 Å². The van der Waals surface area contributed by atoms with E-state index in [-0.39, 0.29) is 36.1 Å². The van der Waals surface area contributed by atoms with Gasteiger partial charge < -0.3 is 10.6 Å². The molecule has 1 aliphatic rings. The fraction of sp³-hybridized carbons (Fsp3) is 0.588. The molecule has 0 radical (unpaired) electrons. The molecule has 0 aliphatic carbocycles. The maximum absolute atomic E-state index is 13.7. The molecule has 2 rings (SSSR count). The fourth-order valence-corrected chi connectivity index (χ4v) is 3.13. The summed E-state index contributed by atoms with van der Waals surface area (Å²) >= 11 is 0. The number of carbonyl (C=O) groups is 1. The number of piperidine rings is 1. The number of rotatable bonds is 4. The highest BCUT2D eigenvalue weighted by Crippen LogP contribution is 2.24. The molecule has 1 heterocycles. The van der Waals surface area contributed by atoms with E-state index in [9.17, 15) is 9.18 Å². The first-order chi connectivity index (χ1) is 10.0. The van der Waals surface area contributed by atoms with Crippen LogP contribution in [0.2, 0.25) is 0 Å². The lowest BCUT2D eigenvalue weighted by molar-refractivity contribution is -0.139. The van der Waals surface area contributed by atoms with E-state index in [4.69, 9.17) is 5.73 Å². The zero-order valence-electron chi connectivity index (χ0n) is 13.3. The highest BCUT2D eigenvalue weighted by Gasteiger charge is 2.31. The third-order valence-electron chi connectivity index (χ3n) is 4.44. The van der Waals surface area contributed by atoms with Gasteiger partial charge in [0.1, 0.15) is 5.82 Å². The van der Waals surface area contributed by atoms with Crippen LogP contribution >= 0.6 is 12.4 Å². The monoisotopic (exact) mass is 328 g/mol. The highest BCUT2D eigenvalue weighted by atomic mass is 35.5. The van der Waals surface area contributed by atoms with Crippen molar-refractivity contribution < 1.29 is 9.18 Å². The molecule has 5 heteroatoms. The average Bonchev–Trinajstić information content (AvgIpc) is 2.48.